The summed E-state index contributed by atoms with van der Waals surface area (Å²) in [6.45, 7) is 0.726. The summed E-state index contributed by atoms with van der Waals surface area (Å²) < 4.78 is 41.4. The molecule has 28 heavy (non-hydrogen) atoms. The van der Waals surface area contributed by atoms with E-state index in [0.717, 1.165) is 11.6 Å². The van der Waals surface area contributed by atoms with Crippen LogP contribution in [-0.2, 0) is 12.7 Å². The van der Waals surface area contributed by atoms with E-state index in [9.17, 15) is 18.0 Å². The molecule has 1 aliphatic heterocycles. The predicted molar refractivity (Wildman–Crippen MR) is 95.8 cm³/mol. The molecule has 5 nitrogen and oxygen atoms in total. The van der Waals surface area contributed by atoms with Crippen molar-refractivity contribution < 1.29 is 18.0 Å². The molecule has 0 N–H and O–H groups in total. The Morgan fingerprint density at radius 3 is 2.54 bits per heavy atom. The van der Waals surface area contributed by atoms with E-state index in [0.29, 0.717) is 12.4 Å². The maximum Gasteiger partial charge on any atom is 0.417 e. The van der Waals surface area contributed by atoms with Crippen LogP contribution in [0.3, 0.4) is 0 Å². The molecule has 0 radical (unpaired) electrons. The Kier molecular flexibility index (Phi) is 4.58. The quantitative estimate of drug-likeness (QED) is 0.641. The van der Waals surface area contributed by atoms with E-state index in [2.05, 4.69) is 10.2 Å². The first-order chi connectivity index (χ1) is 13.4. The zero-order valence-electron chi connectivity index (χ0n) is 14.4. The second-order valence-electron chi connectivity index (χ2n) is 6.36. The number of fused-ring (bicyclic) bond motifs is 1. The van der Waals surface area contributed by atoms with Crippen LogP contribution in [0.4, 0.5) is 13.2 Å². The summed E-state index contributed by atoms with van der Waals surface area (Å²) in [4.78, 5) is 14.7. The fraction of sp³-hybridized carbons (Fsp3) is 0.211. The molecular weight excluding hydrogens is 393 g/mol. The smallest absolute Gasteiger partial charge is 0.322 e. The molecule has 0 aliphatic carbocycles. The van der Waals surface area contributed by atoms with Crippen LogP contribution in [0.5, 0.6) is 0 Å². The van der Waals surface area contributed by atoms with Crippen LogP contribution in [0.2, 0.25) is 5.02 Å². The SMILES string of the molecule is O=C(c1cccc(C(F)(F)F)c1Cl)N1CCn2cnnc2[C@H]1c1ccccc1. The van der Waals surface area contributed by atoms with Gasteiger partial charge >= 0.3 is 6.18 Å². The van der Waals surface area contributed by atoms with Gasteiger partial charge in [0.2, 0.25) is 0 Å². The third kappa shape index (κ3) is 3.13. The monoisotopic (exact) mass is 406 g/mol. The van der Waals surface area contributed by atoms with E-state index in [1.807, 2.05) is 34.9 Å². The molecule has 1 aromatic heterocycles. The van der Waals surface area contributed by atoms with E-state index < -0.39 is 28.7 Å². The minimum absolute atomic E-state index is 0.189. The second kappa shape index (κ2) is 6.94. The molecule has 2 heterocycles. The number of benzene rings is 2. The summed E-state index contributed by atoms with van der Waals surface area (Å²) in [5, 5.41) is 7.44. The Morgan fingerprint density at radius 2 is 1.82 bits per heavy atom. The van der Waals surface area contributed by atoms with Crippen LogP contribution < -0.4 is 0 Å². The topological polar surface area (TPSA) is 51.0 Å². The average molecular weight is 407 g/mol. The molecule has 4 rings (SSSR count). The van der Waals surface area contributed by atoms with E-state index in [4.69, 9.17) is 11.6 Å². The Morgan fingerprint density at radius 1 is 1.07 bits per heavy atom. The lowest BCUT2D eigenvalue weighted by molar-refractivity contribution is -0.137. The van der Waals surface area contributed by atoms with Gasteiger partial charge in [0, 0.05) is 13.1 Å². The highest BCUT2D eigenvalue weighted by Gasteiger charge is 2.38. The highest BCUT2D eigenvalue weighted by Crippen LogP contribution is 2.38. The molecule has 144 valence electrons. The van der Waals surface area contributed by atoms with Crippen molar-refractivity contribution in [3.63, 3.8) is 0 Å². The molecule has 0 saturated carbocycles. The van der Waals surface area contributed by atoms with Crippen LogP contribution in [0.25, 0.3) is 0 Å². The molecule has 0 spiro atoms. The molecule has 1 aliphatic rings. The van der Waals surface area contributed by atoms with Gasteiger partial charge in [-0.1, -0.05) is 48.0 Å². The largest absolute Gasteiger partial charge is 0.417 e. The number of amides is 1. The van der Waals surface area contributed by atoms with Crippen molar-refractivity contribution in [1.82, 2.24) is 19.7 Å². The normalized spacial score (nSPS) is 16.7. The first kappa shape index (κ1) is 18.5. The van der Waals surface area contributed by atoms with Gasteiger partial charge in [-0.2, -0.15) is 13.2 Å². The van der Waals surface area contributed by atoms with Gasteiger partial charge in [0.05, 0.1) is 16.1 Å². The summed E-state index contributed by atoms with van der Waals surface area (Å²) in [5.74, 6) is -0.0342. The van der Waals surface area contributed by atoms with Crippen molar-refractivity contribution >= 4 is 17.5 Å². The lowest BCUT2D eigenvalue weighted by Gasteiger charge is -2.36. The Hall–Kier alpha value is -2.87. The third-order valence-corrected chi connectivity index (χ3v) is 5.10. The van der Waals surface area contributed by atoms with Gasteiger partial charge in [-0.05, 0) is 17.7 Å². The van der Waals surface area contributed by atoms with Crippen LogP contribution in [0.1, 0.15) is 33.4 Å². The zero-order chi connectivity index (χ0) is 19.9. The first-order valence-corrected chi connectivity index (χ1v) is 8.85. The van der Waals surface area contributed by atoms with E-state index in [1.54, 1.807) is 6.33 Å². The highest BCUT2D eigenvalue weighted by molar-refractivity contribution is 6.34. The molecule has 0 fully saturated rings. The van der Waals surface area contributed by atoms with Crippen LogP contribution in [0.15, 0.2) is 54.9 Å². The van der Waals surface area contributed by atoms with Gasteiger partial charge in [-0.25, -0.2) is 0 Å². The minimum Gasteiger partial charge on any atom is -0.322 e. The molecule has 9 heteroatoms. The summed E-state index contributed by atoms with van der Waals surface area (Å²) in [7, 11) is 0. The third-order valence-electron chi connectivity index (χ3n) is 4.69. The summed E-state index contributed by atoms with van der Waals surface area (Å²) in [5.41, 5.74) is -0.435. The van der Waals surface area contributed by atoms with Gasteiger partial charge in [0.15, 0.2) is 5.82 Å². The van der Waals surface area contributed by atoms with Crippen molar-refractivity contribution in [1.29, 1.82) is 0 Å². The molecule has 0 unspecified atom stereocenters. The van der Waals surface area contributed by atoms with Gasteiger partial charge in [-0.3, -0.25) is 4.79 Å². The maximum absolute atomic E-state index is 13.2. The molecule has 1 amide bonds. The van der Waals surface area contributed by atoms with Crippen molar-refractivity contribution in [2.45, 2.75) is 18.8 Å². The molecule has 2 aromatic carbocycles. The lowest BCUT2D eigenvalue weighted by atomic mass is 10.0. The average Bonchev–Trinajstić information content (AvgIpc) is 3.15. The van der Waals surface area contributed by atoms with Crippen molar-refractivity contribution in [3.8, 4) is 0 Å². The number of hydrogen-bond donors (Lipinski definition) is 0. The van der Waals surface area contributed by atoms with Gasteiger partial charge in [0.25, 0.3) is 5.91 Å². The molecular formula is C19H14ClF3N4O. The van der Waals surface area contributed by atoms with E-state index >= 15 is 0 Å². The zero-order valence-corrected chi connectivity index (χ0v) is 15.2. The molecule has 3 aromatic rings. The summed E-state index contributed by atoms with van der Waals surface area (Å²) in [6.07, 6.45) is -3.07. The number of carbonyl (C=O) groups excluding carboxylic acids is 1. The van der Waals surface area contributed by atoms with Crippen molar-refractivity contribution in [3.05, 3.63) is 82.4 Å². The number of carbonyl (C=O) groups is 1. The molecule has 0 bridgehead atoms. The van der Waals surface area contributed by atoms with Crippen molar-refractivity contribution in [2.75, 3.05) is 6.54 Å². The number of hydrogen-bond acceptors (Lipinski definition) is 3. The lowest BCUT2D eigenvalue weighted by Crippen LogP contribution is -2.43. The number of alkyl halides is 3. The summed E-state index contributed by atoms with van der Waals surface area (Å²) >= 11 is 5.98. The van der Waals surface area contributed by atoms with Crippen LogP contribution in [-0.4, -0.2) is 32.1 Å². The maximum atomic E-state index is 13.2. The van der Waals surface area contributed by atoms with Gasteiger partial charge in [-0.15, -0.1) is 10.2 Å². The van der Waals surface area contributed by atoms with Crippen LogP contribution in [0, 0.1) is 0 Å². The Bertz CT molecular complexity index is 1020. The Balaban J connectivity index is 1.79. The minimum atomic E-state index is -4.64. The number of rotatable bonds is 2. The number of halogens is 4. The van der Waals surface area contributed by atoms with E-state index in [-0.39, 0.29) is 12.1 Å². The van der Waals surface area contributed by atoms with Crippen molar-refractivity contribution in [2.24, 2.45) is 0 Å². The predicted octanol–water partition coefficient (Wildman–Crippen LogP) is 4.20. The van der Waals surface area contributed by atoms with Crippen LogP contribution >= 0.6 is 11.6 Å². The number of nitrogens with zero attached hydrogens (tertiary/aromatic N) is 4. The molecule has 0 saturated heterocycles. The van der Waals surface area contributed by atoms with Gasteiger partial charge < -0.3 is 9.47 Å². The van der Waals surface area contributed by atoms with E-state index in [1.165, 1.54) is 17.0 Å². The Labute approximate surface area is 163 Å². The van der Waals surface area contributed by atoms with Gasteiger partial charge in [0.1, 0.15) is 12.4 Å². The first-order valence-electron chi connectivity index (χ1n) is 8.47. The highest BCUT2D eigenvalue weighted by atomic mass is 35.5. The number of aromatic nitrogens is 3. The summed E-state index contributed by atoms with van der Waals surface area (Å²) in [6, 6.07) is 11.9. The second-order valence-corrected chi connectivity index (χ2v) is 6.74. The molecule has 1 atom stereocenters. The fourth-order valence-electron chi connectivity index (χ4n) is 3.39. The standard InChI is InChI=1S/C19H14ClF3N4O/c20-15-13(7-4-8-14(15)19(21,22)23)18(28)27-10-9-26-11-24-25-17(26)16(27)12-5-2-1-3-6-12/h1-8,11,16H,9-10H2/t16-/m1/s1. The fourth-order valence-corrected chi connectivity index (χ4v) is 3.70.